The molecule has 0 radical (unpaired) electrons. The van der Waals surface area contributed by atoms with Gasteiger partial charge in [-0.05, 0) is 36.8 Å². The Balaban J connectivity index is 1.58. The van der Waals surface area contributed by atoms with Gasteiger partial charge in [0.15, 0.2) is 0 Å². The van der Waals surface area contributed by atoms with Crippen molar-refractivity contribution < 1.29 is 23.0 Å². The molecule has 0 saturated heterocycles. The predicted molar refractivity (Wildman–Crippen MR) is 108 cm³/mol. The summed E-state index contributed by atoms with van der Waals surface area (Å²) in [7, 11) is 0. The first kappa shape index (κ1) is 20.6. The molecule has 2 heterocycles. The number of benzene rings is 2. The summed E-state index contributed by atoms with van der Waals surface area (Å²) in [6, 6.07) is 10.4. The van der Waals surface area contributed by atoms with Gasteiger partial charge in [-0.15, -0.1) is 13.2 Å². The lowest BCUT2D eigenvalue weighted by atomic mass is 10.1. The molecule has 3 N–H and O–H groups in total. The number of hydrogen-bond acceptors (Lipinski definition) is 6. The molecule has 160 valence electrons. The van der Waals surface area contributed by atoms with E-state index in [1.165, 1.54) is 24.4 Å². The third-order valence-corrected chi connectivity index (χ3v) is 4.67. The predicted octanol–water partition coefficient (Wildman–Crippen LogP) is 4.37. The Bertz CT molecular complexity index is 1210. The van der Waals surface area contributed by atoms with Crippen LogP contribution >= 0.6 is 0 Å². The van der Waals surface area contributed by atoms with Crippen molar-refractivity contribution in [1.82, 2.24) is 20.2 Å². The average Bonchev–Trinajstić information content (AvgIpc) is 3.11. The molecule has 4 rings (SSSR count). The average molecular weight is 429 g/mol. The summed E-state index contributed by atoms with van der Waals surface area (Å²) in [5.74, 6) is -0.00317. The topological polar surface area (TPSA) is 96.0 Å². The van der Waals surface area contributed by atoms with Gasteiger partial charge in [-0.25, -0.2) is 4.98 Å². The number of ether oxygens (including phenoxy) is 1. The molecule has 4 aromatic rings. The molecule has 0 aliphatic heterocycles. The van der Waals surface area contributed by atoms with E-state index in [4.69, 9.17) is 0 Å². The van der Waals surface area contributed by atoms with Gasteiger partial charge in [0.2, 0.25) is 0 Å². The van der Waals surface area contributed by atoms with Crippen LogP contribution in [0.4, 0.5) is 19.0 Å². The number of anilines is 1. The van der Waals surface area contributed by atoms with Crippen molar-refractivity contribution in [3.05, 3.63) is 66.1 Å². The first-order valence-corrected chi connectivity index (χ1v) is 9.32. The van der Waals surface area contributed by atoms with Crippen LogP contribution in [0.5, 0.6) is 5.75 Å². The number of aryl methyl sites for hydroxylation is 1. The van der Waals surface area contributed by atoms with E-state index in [2.05, 4.69) is 30.2 Å². The molecular formula is C21H18F3N5O2. The molecule has 0 fully saturated rings. The molecule has 0 bridgehead atoms. The number of nitrogens with zero attached hydrogens (tertiary/aromatic N) is 3. The van der Waals surface area contributed by atoms with E-state index in [1.54, 1.807) is 12.3 Å². The molecule has 0 aliphatic rings. The molecule has 1 atom stereocenters. The third-order valence-electron chi connectivity index (χ3n) is 4.67. The van der Waals surface area contributed by atoms with Crippen molar-refractivity contribution in [1.29, 1.82) is 0 Å². The van der Waals surface area contributed by atoms with E-state index in [0.29, 0.717) is 17.1 Å². The zero-order valence-electron chi connectivity index (χ0n) is 16.3. The number of aliphatic hydroxyl groups is 1. The maximum Gasteiger partial charge on any atom is 0.573 e. The van der Waals surface area contributed by atoms with Crippen molar-refractivity contribution in [2.45, 2.75) is 19.3 Å². The SMILES string of the molecule is Cc1[nH]nc2ccc(-c3cncc(NC(CO)c4cccc(OC(F)(F)F)c4)n3)cc12. The summed E-state index contributed by atoms with van der Waals surface area (Å²) >= 11 is 0. The first-order valence-electron chi connectivity index (χ1n) is 9.32. The van der Waals surface area contributed by atoms with Crippen molar-refractivity contribution in [3.8, 4) is 17.0 Å². The number of alkyl halides is 3. The Morgan fingerprint density at radius 3 is 2.77 bits per heavy atom. The Morgan fingerprint density at radius 1 is 1.16 bits per heavy atom. The summed E-state index contributed by atoms with van der Waals surface area (Å²) < 4.78 is 41.5. The van der Waals surface area contributed by atoms with Crippen LogP contribution in [0.2, 0.25) is 0 Å². The number of fused-ring (bicyclic) bond motifs is 1. The highest BCUT2D eigenvalue weighted by Gasteiger charge is 2.31. The monoisotopic (exact) mass is 429 g/mol. The summed E-state index contributed by atoms with van der Waals surface area (Å²) in [4.78, 5) is 8.73. The molecule has 10 heteroatoms. The summed E-state index contributed by atoms with van der Waals surface area (Å²) in [5, 5.41) is 20.9. The third kappa shape index (κ3) is 4.75. The molecule has 2 aromatic heterocycles. The van der Waals surface area contributed by atoms with E-state index in [0.717, 1.165) is 22.2 Å². The maximum absolute atomic E-state index is 12.5. The van der Waals surface area contributed by atoms with Gasteiger partial charge in [0.1, 0.15) is 11.6 Å². The van der Waals surface area contributed by atoms with Gasteiger partial charge >= 0.3 is 6.36 Å². The van der Waals surface area contributed by atoms with Crippen LogP contribution < -0.4 is 10.1 Å². The normalized spacial score (nSPS) is 12.7. The largest absolute Gasteiger partial charge is 0.573 e. The maximum atomic E-state index is 12.5. The van der Waals surface area contributed by atoms with Crippen LogP contribution in [0.3, 0.4) is 0 Å². The number of nitrogens with one attached hydrogen (secondary N) is 2. The van der Waals surface area contributed by atoms with Crippen molar-refractivity contribution in [3.63, 3.8) is 0 Å². The van der Waals surface area contributed by atoms with Crippen molar-refractivity contribution in [2.24, 2.45) is 0 Å². The number of hydrogen-bond donors (Lipinski definition) is 3. The summed E-state index contributed by atoms with van der Waals surface area (Å²) in [6.07, 6.45) is -1.72. The van der Waals surface area contributed by atoms with Crippen LogP contribution in [0.1, 0.15) is 17.3 Å². The number of aromatic amines is 1. The first-order chi connectivity index (χ1) is 14.8. The lowest BCUT2D eigenvalue weighted by molar-refractivity contribution is -0.274. The molecule has 2 aromatic carbocycles. The van der Waals surface area contributed by atoms with Crippen LogP contribution in [0.15, 0.2) is 54.9 Å². The zero-order chi connectivity index (χ0) is 22.0. The van der Waals surface area contributed by atoms with Gasteiger partial charge in [-0.3, -0.25) is 10.1 Å². The Labute approximate surface area is 174 Å². The molecule has 0 amide bonds. The molecule has 1 unspecified atom stereocenters. The standard InChI is InChI=1S/C21H18F3N5O2/c1-12-16-8-14(5-6-17(16)29-28-12)18-9-25-10-20(26-18)27-19(11-30)13-3-2-4-15(7-13)31-21(22,23)24/h2-10,19,30H,11H2,1H3,(H,26,27)(H,28,29). The minimum Gasteiger partial charge on any atom is -0.406 e. The van der Waals surface area contributed by atoms with Crippen LogP contribution in [0, 0.1) is 6.92 Å². The van der Waals surface area contributed by atoms with Crippen LogP contribution in [0.25, 0.3) is 22.2 Å². The Kier molecular flexibility index (Phi) is 5.47. The minimum absolute atomic E-state index is 0.364. The molecular weight excluding hydrogens is 411 g/mol. The van der Waals surface area contributed by atoms with Gasteiger partial charge in [-0.2, -0.15) is 5.10 Å². The minimum atomic E-state index is -4.80. The van der Waals surface area contributed by atoms with E-state index in [9.17, 15) is 18.3 Å². The number of H-pyrrole nitrogens is 1. The zero-order valence-corrected chi connectivity index (χ0v) is 16.3. The number of aromatic nitrogens is 4. The molecule has 0 aliphatic carbocycles. The van der Waals surface area contributed by atoms with Gasteiger partial charge in [-0.1, -0.05) is 18.2 Å². The fourth-order valence-electron chi connectivity index (χ4n) is 3.21. The van der Waals surface area contributed by atoms with Crippen LogP contribution in [-0.2, 0) is 0 Å². The molecule has 7 nitrogen and oxygen atoms in total. The van der Waals surface area contributed by atoms with Crippen molar-refractivity contribution >= 4 is 16.7 Å². The van der Waals surface area contributed by atoms with E-state index in [1.807, 2.05) is 25.1 Å². The second kappa shape index (κ2) is 8.23. The Hall–Kier alpha value is -3.66. The summed E-state index contributed by atoms with van der Waals surface area (Å²) in [6.45, 7) is 1.55. The van der Waals surface area contributed by atoms with Crippen LogP contribution in [-0.4, -0.2) is 38.2 Å². The number of rotatable bonds is 6. The van der Waals surface area contributed by atoms with Gasteiger partial charge < -0.3 is 15.2 Å². The highest BCUT2D eigenvalue weighted by atomic mass is 19.4. The fraction of sp³-hybridized carbons (Fsp3) is 0.190. The second-order valence-electron chi connectivity index (χ2n) is 6.87. The molecule has 0 spiro atoms. The lowest BCUT2D eigenvalue weighted by Gasteiger charge is -2.19. The number of aliphatic hydroxyl groups excluding tert-OH is 1. The van der Waals surface area contributed by atoms with E-state index < -0.39 is 12.4 Å². The lowest BCUT2D eigenvalue weighted by Crippen LogP contribution is -2.19. The van der Waals surface area contributed by atoms with E-state index >= 15 is 0 Å². The smallest absolute Gasteiger partial charge is 0.406 e. The molecule has 0 saturated carbocycles. The van der Waals surface area contributed by atoms with Gasteiger partial charge in [0.05, 0.1) is 36.3 Å². The highest BCUT2D eigenvalue weighted by molar-refractivity contribution is 5.85. The highest BCUT2D eigenvalue weighted by Crippen LogP contribution is 2.28. The quantitative estimate of drug-likeness (QED) is 0.421. The van der Waals surface area contributed by atoms with Gasteiger partial charge in [0.25, 0.3) is 0 Å². The Morgan fingerprint density at radius 2 is 2.00 bits per heavy atom. The molecule has 31 heavy (non-hydrogen) atoms. The second-order valence-corrected chi connectivity index (χ2v) is 6.87. The summed E-state index contributed by atoms with van der Waals surface area (Å²) in [5.41, 5.74) is 3.60. The van der Waals surface area contributed by atoms with Gasteiger partial charge in [0, 0.05) is 16.6 Å². The van der Waals surface area contributed by atoms with Crippen molar-refractivity contribution in [2.75, 3.05) is 11.9 Å². The number of halogens is 3. The fourth-order valence-corrected chi connectivity index (χ4v) is 3.21. The van der Waals surface area contributed by atoms with E-state index in [-0.39, 0.29) is 12.4 Å².